The maximum atomic E-state index is 13.0. The second-order valence-electron chi connectivity index (χ2n) is 6.70. The molecule has 4 rings (SSSR count). The van der Waals surface area contributed by atoms with E-state index in [1.54, 1.807) is 0 Å². The van der Waals surface area contributed by atoms with Gasteiger partial charge in [-0.15, -0.1) is 0 Å². The molecule has 0 aliphatic carbocycles. The Labute approximate surface area is 145 Å². The molecule has 1 spiro atoms. The topological polar surface area (TPSA) is 66.9 Å². The average Bonchev–Trinajstić information content (AvgIpc) is 3.22. The smallest absolute Gasteiger partial charge is 0.266 e. The number of carbonyl (C=O) groups is 1. The predicted molar refractivity (Wildman–Crippen MR) is 92.0 cm³/mol. The first-order chi connectivity index (χ1) is 11.7. The fourth-order valence-corrected chi connectivity index (χ4v) is 4.70. The largest absolute Gasteiger partial charge is 0.378 e. The third-order valence-electron chi connectivity index (χ3n) is 5.00. The van der Waals surface area contributed by atoms with Gasteiger partial charge in [-0.1, -0.05) is 11.3 Å². The second kappa shape index (κ2) is 6.59. The summed E-state index contributed by atoms with van der Waals surface area (Å²) in [6, 6.07) is 0. The lowest BCUT2D eigenvalue weighted by Crippen LogP contribution is -2.54. The summed E-state index contributed by atoms with van der Waals surface area (Å²) in [6.07, 6.45) is 0.970. The summed E-state index contributed by atoms with van der Waals surface area (Å²) < 4.78 is 11.4. The van der Waals surface area contributed by atoms with Gasteiger partial charge >= 0.3 is 0 Å². The van der Waals surface area contributed by atoms with Gasteiger partial charge < -0.3 is 24.6 Å². The molecule has 1 unspecified atom stereocenters. The van der Waals surface area contributed by atoms with E-state index in [-0.39, 0.29) is 11.5 Å². The summed E-state index contributed by atoms with van der Waals surface area (Å²) >= 11 is 1.51. The van der Waals surface area contributed by atoms with Crippen LogP contribution in [-0.4, -0.2) is 80.5 Å². The molecule has 0 saturated carbocycles. The fraction of sp³-hybridized carbons (Fsp3) is 0.750. The van der Waals surface area contributed by atoms with Gasteiger partial charge in [-0.2, -0.15) is 0 Å². The number of rotatable bonds is 2. The molecule has 0 bridgehead atoms. The van der Waals surface area contributed by atoms with Gasteiger partial charge in [-0.05, 0) is 19.9 Å². The minimum atomic E-state index is -0.195. The van der Waals surface area contributed by atoms with Crippen LogP contribution in [0.2, 0.25) is 0 Å². The molecule has 4 heterocycles. The van der Waals surface area contributed by atoms with Crippen molar-refractivity contribution in [1.29, 1.82) is 0 Å². The zero-order chi connectivity index (χ0) is 16.6. The van der Waals surface area contributed by atoms with Gasteiger partial charge in [0.05, 0.1) is 37.7 Å². The lowest BCUT2D eigenvalue weighted by molar-refractivity contribution is -0.0865. The number of aryl methyl sites for hydroxylation is 1. The van der Waals surface area contributed by atoms with Crippen LogP contribution in [0.25, 0.3) is 0 Å². The van der Waals surface area contributed by atoms with Crippen LogP contribution < -0.4 is 10.2 Å². The van der Waals surface area contributed by atoms with Crippen LogP contribution in [0.3, 0.4) is 0 Å². The number of ether oxygens (including phenoxy) is 2. The Bertz CT molecular complexity index is 608. The first kappa shape index (κ1) is 16.3. The van der Waals surface area contributed by atoms with Crippen molar-refractivity contribution in [3.05, 3.63) is 10.6 Å². The summed E-state index contributed by atoms with van der Waals surface area (Å²) in [5.74, 6) is 0.0964. The van der Waals surface area contributed by atoms with Crippen LogP contribution >= 0.6 is 11.3 Å². The SMILES string of the molecule is Cc1nc(N2CCOCC2)sc1C(=O)N1CCOC2(CCNC2)C1. The third-order valence-corrected chi connectivity index (χ3v) is 6.21. The predicted octanol–water partition coefficient (Wildman–Crippen LogP) is 0.493. The highest BCUT2D eigenvalue weighted by atomic mass is 32.1. The summed E-state index contributed by atoms with van der Waals surface area (Å²) in [5.41, 5.74) is 0.635. The van der Waals surface area contributed by atoms with E-state index in [4.69, 9.17) is 9.47 Å². The molecule has 1 aromatic rings. The summed E-state index contributed by atoms with van der Waals surface area (Å²) in [4.78, 5) is 22.6. The van der Waals surface area contributed by atoms with Crippen molar-refractivity contribution in [2.24, 2.45) is 0 Å². The minimum Gasteiger partial charge on any atom is -0.378 e. The van der Waals surface area contributed by atoms with Crippen molar-refractivity contribution in [3.8, 4) is 0 Å². The van der Waals surface area contributed by atoms with Crippen molar-refractivity contribution in [2.75, 3.05) is 64.0 Å². The van der Waals surface area contributed by atoms with Crippen LogP contribution in [0.15, 0.2) is 0 Å². The maximum absolute atomic E-state index is 13.0. The number of anilines is 1. The number of carbonyl (C=O) groups excluding carboxylic acids is 1. The average molecular weight is 352 g/mol. The Morgan fingerprint density at radius 3 is 2.88 bits per heavy atom. The van der Waals surface area contributed by atoms with E-state index in [0.717, 1.165) is 61.5 Å². The normalized spacial score (nSPS) is 27.9. The molecule has 8 heteroatoms. The molecule has 7 nitrogen and oxygen atoms in total. The Morgan fingerprint density at radius 1 is 1.29 bits per heavy atom. The molecule has 24 heavy (non-hydrogen) atoms. The first-order valence-electron chi connectivity index (χ1n) is 8.61. The number of hydrogen-bond acceptors (Lipinski definition) is 7. The van der Waals surface area contributed by atoms with Gasteiger partial charge in [-0.3, -0.25) is 4.79 Å². The molecule has 1 atom stereocenters. The molecule has 0 aromatic carbocycles. The van der Waals surface area contributed by atoms with Crippen LogP contribution in [0.1, 0.15) is 21.8 Å². The molecule has 3 saturated heterocycles. The van der Waals surface area contributed by atoms with E-state index in [1.807, 2.05) is 11.8 Å². The maximum Gasteiger partial charge on any atom is 0.266 e. The number of morpholine rings is 2. The van der Waals surface area contributed by atoms with Crippen molar-refractivity contribution >= 4 is 22.4 Å². The fourth-order valence-electron chi connectivity index (χ4n) is 3.61. The monoisotopic (exact) mass is 352 g/mol. The minimum absolute atomic E-state index is 0.0964. The second-order valence-corrected chi connectivity index (χ2v) is 7.67. The van der Waals surface area contributed by atoms with E-state index < -0.39 is 0 Å². The Balaban J connectivity index is 1.50. The summed E-state index contributed by atoms with van der Waals surface area (Å²) in [7, 11) is 0. The van der Waals surface area contributed by atoms with E-state index in [0.29, 0.717) is 19.7 Å². The van der Waals surface area contributed by atoms with E-state index in [1.165, 1.54) is 11.3 Å². The van der Waals surface area contributed by atoms with Gasteiger partial charge in [0.15, 0.2) is 5.13 Å². The summed E-state index contributed by atoms with van der Waals surface area (Å²) in [6.45, 7) is 8.79. The molecule has 132 valence electrons. The highest BCUT2D eigenvalue weighted by Gasteiger charge is 2.41. The molecule has 3 fully saturated rings. The molecule has 0 radical (unpaired) electrons. The Morgan fingerprint density at radius 2 is 2.12 bits per heavy atom. The van der Waals surface area contributed by atoms with Crippen LogP contribution in [0.5, 0.6) is 0 Å². The molecule has 3 aliphatic rings. The van der Waals surface area contributed by atoms with Gasteiger partial charge in [-0.25, -0.2) is 4.98 Å². The number of thiazole rings is 1. The van der Waals surface area contributed by atoms with Gasteiger partial charge in [0.2, 0.25) is 0 Å². The Hall–Kier alpha value is -1.22. The van der Waals surface area contributed by atoms with Crippen LogP contribution in [0, 0.1) is 6.92 Å². The lowest BCUT2D eigenvalue weighted by atomic mass is 10.0. The van der Waals surface area contributed by atoms with Crippen molar-refractivity contribution < 1.29 is 14.3 Å². The van der Waals surface area contributed by atoms with Crippen LogP contribution in [0.4, 0.5) is 5.13 Å². The Kier molecular flexibility index (Phi) is 4.46. The van der Waals surface area contributed by atoms with Crippen molar-refractivity contribution in [3.63, 3.8) is 0 Å². The number of hydrogen-bond donors (Lipinski definition) is 1. The quantitative estimate of drug-likeness (QED) is 0.836. The molecule has 1 aromatic heterocycles. The molecule has 3 aliphatic heterocycles. The first-order valence-corrected chi connectivity index (χ1v) is 9.43. The van der Waals surface area contributed by atoms with Gasteiger partial charge in [0.25, 0.3) is 5.91 Å². The number of nitrogens with zero attached hydrogens (tertiary/aromatic N) is 3. The van der Waals surface area contributed by atoms with Gasteiger partial charge in [0.1, 0.15) is 4.88 Å². The zero-order valence-corrected chi connectivity index (χ0v) is 14.9. The van der Waals surface area contributed by atoms with Gasteiger partial charge in [0, 0.05) is 26.2 Å². The molecule has 1 N–H and O–H groups in total. The molecule has 1 amide bonds. The van der Waals surface area contributed by atoms with Crippen molar-refractivity contribution in [1.82, 2.24) is 15.2 Å². The number of amides is 1. The highest BCUT2D eigenvalue weighted by Crippen LogP contribution is 2.30. The highest BCUT2D eigenvalue weighted by molar-refractivity contribution is 7.17. The molecular formula is C16H24N4O3S. The lowest BCUT2D eigenvalue weighted by Gasteiger charge is -2.39. The third kappa shape index (κ3) is 3.03. The number of nitrogens with one attached hydrogen (secondary N) is 1. The van der Waals surface area contributed by atoms with E-state index >= 15 is 0 Å². The summed E-state index contributed by atoms with van der Waals surface area (Å²) in [5, 5.41) is 4.28. The van der Waals surface area contributed by atoms with Crippen molar-refractivity contribution in [2.45, 2.75) is 18.9 Å². The standard InChI is InChI=1S/C16H24N4O3S/c1-12-13(24-15(18-12)19-4-7-22-8-5-19)14(21)20-6-9-23-16(11-20)2-3-17-10-16/h17H,2-11H2,1H3. The van der Waals surface area contributed by atoms with E-state index in [9.17, 15) is 4.79 Å². The molecular weight excluding hydrogens is 328 g/mol. The van der Waals surface area contributed by atoms with Crippen LogP contribution in [-0.2, 0) is 9.47 Å². The van der Waals surface area contributed by atoms with E-state index in [2.05, 4.69) is 15.2 Å². The number of aromatic nitrogens is 1. The zero-order valence-electron chi connectivity index (χ0n) is 14.0.